The molecule has 1 aromatic carbocycles. The van der Waals surface area contributed by atoms with E-state index in [9.17, 15) is 0 Å². The molecule has 0 amide bonds. The smallest absolute Gasteiger partial charge is 0.229 e. The predicted molar refractivity (Wildman–Crippen MR) is 92.1 cm³/mol. The number of para-hydroxylation sites is 1. The molecule has 0 radical (unpaired) electrons. The SMILES string of the molecule is CC(C)c1nc([C@H]2CCCN(c3ncnc4ccccc34)C2)no1. The van der Waals surface area contributed by atoms with Crippen molar-refractivity contribution in [3.05, 3.63) is 42.3 Å². The summed E-state index contributed by atoms with van der Waals surface area (Å²) in [4.78, 5) is 15.8. The van der Waals surface area contributed by atoms with Crippen LogP contribution in [0.25, 0.3) is 10.9 Å². The zero-order chi connectivity index (χ0) is 16.5. The first-order valence-corrected chi connectivity index (χ1v) is 8.50. The van der Waals surface area contributed by atoms with Crippen LogP contribution in [0, 0.1) is 0 Å². The lowest BCUT2D eigenvalue weighted by atomic mass is 9.97. The summed E-state index contributed by atoms with van der Waals surface area (Å²) in [5.74, 6) is 3.08. The van der Waals surface area contributed by atoms with Gasteiger partial charge >= 0.3 is 0 Å². The van der Waals surface area contributed by atoms with E-state index in [4.69, 9.17) is 4.52 Å². The van der Waals surface area contributed by atoms with Gasteiger partial charge in [-0.15, -0.1) is 0 Å². The highest BCUT2D eigenvalue weighted by atomic mass is 16.5. The van der Waals surface area contributed by atoms with Gasteiger partial charge in [0.25, 0.3) is 0 Å². The minimum absolute atomic E-state index is 0.261. The summed E-state index contributed by atoms with van der Waals surface area (Å²) in [6, 6.07) is 8.14. The Morgan fingerprint density at radius 2 is 2.08 bits per heavy atom. The number of hydrogen-bond donors (Lipinski definition) is 0. The Morgan fingerprint density at radius 3 is 2.92 bits per heavy atom. The lowest BCUT2D eigenvalue weighted by molar-refractivity contribution is 0.354. The summed E-state index contributed by atoms with van der Waals surface area (Å²) < 4.78 is 5.39. The number of rotatable bonds is 3. The molecule has 6 nitrogen and oxygen atoms in total. The predicted octanol–water partition coefficient (Wildman–Crippen LogP) is 3.52. The third-order valence-electron chi connectivity index (χ3n) is 4.56. The third kappa shape index (κ3) is 2.72. The van der Waals surface area contributed by atoms with E-state index in [1.807, 2.05) is 18.2 Å². The summed E-state index contributed by atoms with van der Waals surface area (Å²) in [7, 11) is 0. The molecule has 1 saturated heterocycles. The fourth-order valence-electron chi connectivity index (χ4n) is 3.27. The maximum Gasteiger partial charge on any atom is 0.229 e. The number of anilines is 1. The van der Waals surface area contributed by atoms with Crippen LogP contribution >= 0.6 is 0 Å². The molecule has 1 atom stereocenters. The lowest BCUT2D eigenvalue weighted by Gasteiger charge is -2.32. The summed E-state index contributed by atoms with van der Waals surface area (Å²) in [5.41, 5.74) is 0.978. The Hall–Kier alpha value is -2.50. The number of piperidine rings is 1. The van der Waals surface area contributed by atoms with Crippen LogP contribution in [0.15, 0.2) is 35.1 Å². The highest BCUT2D eigenvalue weighted by molar-refractivity contribution is 5.89. The minimum atomic E-state index is 0.261. The first kappa shape index (κ1) is 15.1. The molecule has 0 saturated carbocycles. The summed E-state index contributed by atoms with van der Waals surface area (Å²) >= 11 is 0. The summed E-state index contributed by atoms with van der Waals surface area (Å²) in [6.45, 7) is 5.99. The van der Waals surface area contributed by atoms with E-state index in [2.05, 4.69) is 44.9 Å². The van der Waals surface area contributed by atoms with Crippen molar-refractivity contribution in [2.45, 2.75) is 38.5 Å². The fraction of sp³-hybridized carbons (Fsp3) is 0.444. The highest BCUT2D eigenvalue weighted by Gasteiger charge is 2.27. The van der Waals surface area contributed by atoms with Crippen LogP contribution in [0.2, 0.25) is 0 Å². The molecule has 3 heterocycles. The average molecular weight is 323 g/mol. The number of hydrogen-bond acceptors (Lipinski definition) is 6. The van der Waals surface area contributed by atoms with E-state index in [1.165, 1.54) is 0 Å². The first-order chi connectivity index (χ1) is 11.7. The van der Waals surface area contributed by atoms with Crippen molar-refractivity contribution in [1.29, 1.82) is 0 Å². The van der Waals surface area contributed by atoms with Gasteiger partial charge in [0.15, 0.2) is 5.82 Å². The van der Waals surface area contributed by atoms with E-state index >= 15 is 0 Å². The molecule has 1 aliphatic heterocycles. The molecule has 0 unspecified atom stereocenters. The van der Waals surface area contributed by atoms with Gasteiger partial charge in [-0.25, -0.2) is 9.97 Å². The Labute approximate surface area is 140 Å². The van der Waals surface area contributed by atoms with Gasteiger partial charge < -0.3 is 9.42 Å². The Bertz CT molecular complexity index is 839. The zero-order valence-electron chi connectivity index (χ0n) is 14.0. The average Bonchev–Trinajstić information content (AvgIpc) is 3.12. The van der Waals surface area contributed by atoms with E-state index in [0.717, 1.165) is 54.4 Å². The van der Waals surface area contributed by atoms with Gasteiger partial charge in [-0.1, -0.05) is 31.1 Å². The number of fused-ring (bicyclic) bond motifs is 1. The largest absolute Gasteiger partial charge is 0.355 e. The Kier molecular flexibility index (Phi) is 3.88. The highest BCUT2D eigenvalue weighted by Crippen LogP contribution is 2.31. The van der Waals surface area contributed by atoms with Crippen LogP contribution in [-0.2, 0) is 0 Å². The van der Waals surface area contributed by atoms with Gasteiger partial charge in [-0.05, 0) is 25.0 Å². The maximum atomic E-state index is 5.39. The standard InChI is InChI=1S/C18H21N5O/c1-12(2)18-21-16(22-24-18)13-6-5-9-23(10-13)17-14-7-3-4-8-15(14)19-11-20-17/h3-4,7-8,11-13H,5-6,9-10H2,1-2H3/t13-/m0/s1. The van der Waals surface area contributed by atoms with Crippen LogP contribution in [-0.4, -0.2) is 33.2 Å². The van der Waals surface area contributed by atoms with Gasteiger partial charge in [0.05, 0.1) is 5.52 Å². The monoisotopic (exact) mass is 323 g/mol. The third-order valence-corrected chi connectivity index (χ3v) is 4.56. The molecule has 0 aliphatic carbocycles. The van der Waals surface area contributed by atoms with Crippen LogP contribution in [0.4, 0.5) is 5.82 Å². The topological polar surface area (TPSA) is 67.9 Å². The fourth-order valence-corrected chi connectivity index (χ4v) is 3.27. The van der Waals surface area contributed by atoms with Crippen molar-refractivity contribution >= 4 is 16.7 Å². The van der Waals surface area contributed by atoms with Crippen LogP contribution in [0.1, 0.15) is 50.2 Å². The van der Waals surface area contributed by atoms with Gasteiger partial charge in [-0.2, -0.15) is 4.98 Å². The Morgan fingerprint density at radius 1 is 1.21 bits per heavy atom. The van der Waals surface area contributed by atoms with E-state index < -0.39 is 0 Å². The second-order valence-electron chi connectivity index (χ2n) is 6.65. The van der Waals surface area contributed by atoms with Gasteiger partial charge in [0.1, 0.15) is 12.1 Å². The van der Waals surface area contributed by atoms with Crippen molar-refractivity contribution in [1.82, 2.24) is 20.1 Å². The summed E-state index contributed by atoms with van der Waals surface area (Å²) in [6.07, 6.45) is 3.82. The van der Waals surface area contributed by atoms with Crippen LogP contribution in [0.5, 0.6) is 0 Å². The molecule has 124 valence electrons. The van der Waals surface area contributed by atoms with Crippen LogP contribution in [0.3, 0.4) is 0 Å². The summed E-state index contributed by atoms with van der Waals surface area (Å²) in [5, 5.41) is 5.30. The van der Waals surface area contributed by atoms with Gasteiger partial charge in [-0.3, -0.25) is 0 Å². The van der Waals surface area contributed by atoms with Crippen molar-refractivity contribution in [3.8, 4) is 0 Å². The normalized spacial score (nSPS) is 18.5. The molecule has 1 aliphatic rings. The zero-order valence-corrected chi connectivity index (χ0v) is 14.0. The minimum Gasteiger partial charge on any atom is -0.355 e. The first-order valence-electron chi connectivity index (χ1n) is 8.50. The molecular weight excluding hydrogens is 302 g/mol. The maximum absolute atomic E-state index is 5.39. The molecule has 6 heteroatoms. The molecule has 0 spiro atoms. The molecule has 24 heavy (non-hydrogen) atoms. The van der Waals surface area contributed by atoms with Crippen molar-refractivity contribution < 1.29 is 4.52 Å². The molecule has 4 rings (SSSR count). The van der Waals surface area contributed by atoms with Crippen molar-refractivity contribution in [3.63, 3.8) is 0 Å². The second kappa shape index (κ2) is 6.19. The molecule has 3 aromatic rings. The molecule has 0 N–H and O–H groups in total. The van der Waals surface area contributed by atoms with E-state index in [1.54, 1.807) is 6.33 Å². The van der Waals surface area contributed by atoms with Gasteiger partial charge in [0, 0.05) is 30.3 Å². The number of aromatic nitrogens is 4. The Balaban J connectivity index is 1.62. The molecule has 0 bridgehead atoms. The lowest BCUT2D eigenvalue weighted by Crippen LogP contribution is -2.35. The van der Waals surface area contributed by atoms with Crippen molar-refractivity contribution in [2.24, 2.45) is 0 Å². The van der Waals surface area contributed by atoms with E-state index in [0.29, 0.717) is 0 Å². The number of nitrogens with zero attached hydrogens (tertiary/aromatic N) is 5. The van der Waals surface area contributed by atoms with Crippen LogP contribution < -0.4 is 4.90 Å². The molecular formula is C18H21N5O. The quantitative estimate of drug-likeness (QED) is 0.734. The second-order valence-corrected chi connectivity index (χ2v) is 6.65. The van der Waals surface area contributed by atoms with Gasteiger partial charge in [0.2, 0.25) is 5.89 Å². The van der Waals surface area contributed by atoms with E-state index in [-0.39, 0.29) is 11.8 Å². The number of benzene rings is 1. The van der Waals surface area contributed by atoms with Crippen molar-refractivity contribution in [2.75, 3.05) is 18.0 Å². The molecule has 1 fully saturated rings. The molecule has 2 aromatic heterocycles.